The van der Waals surface area contributed by atoms with E-state index in [2.05, 4.69) is 51.9 Å². The molecule has 0 aliphatic rings. The summed E-state index contributed by atoms with van der Waals surface area (Å²) in [5.74, 6) is -0.142. The van der Waals surface area contributed by atoms with Crippen LogP contribution in [0.3, 0.4) is 0 Å². The molecule has 0 aliphatic carbocycles. The zero-order chi connectivity index (χ0) is 18.7. The Hall–Kier alpha value is -2.22. The third kappa shape index (κ3) is 5.15. The Morgan fingerprint density at radius 2 is 2.11 bits per heavy atom. The van der Waals surface area contributed by atoms with E-state index < -0.39 is 6.04 Å². The number of carbonyl (C=O) groups excluding carboxylic acids is 1. The van der Waals surface area contributed by atoms with Gasteiger partial charge in [-0.15, -0.1) is 23.7 Å². The van der Waals surface area contributed by atoms with Gasteiger partial charge in [-0.1, -0.05) is 29.8 Å². The van der Waals surface area contributed by atoms with Crippen molar-refractivity contribution in [1.29, 1.82) is 0 Å². The van der Waals surface area contributed by atoms with Gasteiger partial charge in [-0.2, -0.15) is 5.10 Å². The van der Waals surface area contributed by atoms with E-state index in [1.165, 1.54) is 22.5 Å². The number of nitrogens with zero attached hydrogens (tertiary/aromatic N) is 3. The molecule has 2 aromatic heterocycles. The second-order valence-electron chi connectivity index (χ2n) is 6.35. The fourth-order valence-corrected chi connectivity index (χ4v) is 3.87. The van der Waals surface area contributed by atoms with Crippen molar-refractivity contribution in [1.82, 2.24) is 20.1 Å². The van der Waals surface area contributed by atoms with Crippen molar-refractivity contribution in [2.45, 2.75) is 26.3 Å². The minimum absolute atomic E-state index is 0. The molecule has 1 aromatic carbocycles. The number of hydrogen-bond acceptors (Lipinski definition) is 5. The van der Waals surface area contributed by atoms with Gasteiger partial charge in [0.15, 0.2) is 5.13 Å². The third-order valence-corrected chi connectivity index (χ3v) is 5.25. The molecular formula is C19H24ClN5OS. The number of amides is 1. The van der Waals surface area contributed by atoms with Crippen LogP contribution in [0.2, 0.25) is 0 Å². The smallest absolute Gasteiger partial charge is 0.247 e. The number of carbonyl (C=O) groups is 1. The summed E-state index contributed by atoms with van der Waals surface area (Å²) < 4.78 is 1.68. The van der Waals surface area contributed by atoms with Crippen molar-refractivity contribution >= 4 is 34.8 Å². The van der Waals surface area contributed by atoms with Crippen LogP contribution in [-0.2, 0) is 18.3 Å². The van der Waals surface area contributed by atoms with Crippen molar-refractivity contribution < 1.29 is 4.79 Å². The van der Waals surface area contributed by atoms with Crippen LogP contribution < -0.4 is 10.6 Å². The lowest BCUT2D eigenvalue weighted by atomic mass is 10.1. The quantitative estimate of drug-likeness (QED) is 0.659. The molecular weight excluding hydrogens is 382 g/mol. The fraction of sp³-hybridized carbons (Fsp3) is 0.316. The van der Waals surface area contributed by atoms with Crippen molar-refractivity contribution in [3.63, 3.8) is 0 Å². The lowest BCUT2D eigenvalue weighted by molar-refractivity contribution is -0.118. The molecule has 0 spiro atoms. The Morgan fingerprint density at radius 3 is 2.74 bits per heavy atom. The van der Waals surface area contributed by atoms with Gasteiger partial charge >= 0.3 is 0 Å². The van der Waals surface area contributed by atoms with E-state index in [-0.39, 0.29) is 18.3 Å². The molecule has 0 saturated heterocycles. The Labute approximate surface area is 169 Å². The monoisotopic (exact) mass is 405 g/mol. The Kier molecular flexibility index (Phi) is 7.12. The first-order chi connectivity index (χ1) is 12.5. The summed E-state index contributed by atoms with van der Waals surface area (Å²) in [6.07, 6.45) is 4.34. The molecule has 1 atom stereocenters. The van der Waals surface area contributed by atoms with Crippen molar-refractivity contribution in [2.75, 3.05) is 12.4 Å². The van der Waals surface area contributed by atoms with Crippen molar-refractivity contribution in [3.8, 4) is 0 Å². The maximum atomic E-state index is 12.6. The zero-order valence-corrected chi connectivity index (χ0v) is 17.4. The molecule has 27 heavy (non-hydrogen) atoms. The van der Waals surface area contributed by atoms with E-state index in [0.717, 1.165) is 22.6 Å². The predicted molar refractivity (Wildman–Crippen MR) is 112 cm³/mol. The number of rotatable bonds is 6. The highest BCUT2D eigenvalue weighted by atomic mass is 35.5. The van der Waals surface area contributed by atoms with Crippen LogP contribution in [0.5, 0.6) is 0 Å². The average Bonchev–Trinajstić information content (AvgIpc) is 3.14. The highest BCUT2D eigenvalue weighted by Crippen LogP contribution is 2.26. The summed E-state index contributed by atoms with van der Waals surface area (Å²) in [5, 5.41) is 10.7. The standard InChI is InChI=1S/C19H23N5OS.ClH/c1-12-6-5-7-14(8-12)9-16-13(2)22-19(26-16)23-18(25)17(20-3)15-10-21-24(4)11-15;/h5-8,10-11,17,20H,9H2,1-4H3,(H,22,23,25);1H. The summed E-state index contributed by atoms with van der Waals surface area (Å²) >= 11 is 1.53. The maximum absolute atomic E-state index is 12.6. The topological polar surface area (TPSA) is 71.8 Å². The number of hydrogen-bond donors (Lipinski definition) is 2. The molecule has 0 saturated carbocycles. The molecule has 0 aliphatic heterocycles. The molecule has 0 radical (unpaired) electrons. The normalized spacial score (nSPS) is 11.7. The first-order valence-electron chi connectivity index (χ1n) is 8.45. The SMILES string of the molecule is CNC(C(=O)Nc1nc(C)c(Cc2cccc(C)c2)s1)c1cnn(C)c1.Cl. The number of thiazole rings is 1. The summed E-state index contributed by atoms with van der Waals surface area (Å²) in [4.78, 5) is 18.3. The summed E-state index contributed by atoms with van der Waals surface area (Å²) in [6, 6.07) is 7.98. The minimum atomic E-state index is -0.465. The highest BCUT2D eigenvalue weighted by molar-refractivity contribution is 7.15. The number of nitrogens with one attached hydrogen (secondary N) is 2. The van der Waals surface area contributed by atoms with Crippen molar-refractivity contribution in [3.05, 3.63) is 63.9 Å². The Morgan fingerprint density at radius 1 is 1.33 bits per heavy atom. The molecule has 0 fully saturated rings. The molecule has 3 rings (SSSR count). The van der Waals surface area contributed by atoms with Gasteiger partial charge in [0.05, 0.1) is 11.9 Å². The van der Waals surface area contributed by atoms with Gasteiger partial charge in [-0.25, -0.2) is 4.98 Å². The van der Waals surface area contributed by atoms with Crippen molar-refractivity contribution in [2.24, 2.45) is 7.05 Å². The van der Waals surface area contributed by atoms with Crippen LogP contribution in [0.4, 0.5) is 5.13 Å². The first-order valence-corrected chi connectivity index (χ1v) is 9.26. The third-order valence-electron chi connectivity index (χ3n) is 4.18. The van der Waals surface area contributed by atoms with Crippen LogP contribution >= 0.6 is 23.7 Å². The molecule has 2 N–H and O–H groups in total. The predicted octanol–water partition coefficient (Wildman–Crippen LogP) is 3.41. The van der Waals surface area contributed by atoms with Gasteiger partial charge in [-0.05, 0) is 26.5 Å². The van der Waals surface area contributed by atoms with Gasteiger partial charge in [-0.3, -0.25) is 9.48 Å². The molecule has 144 valence electrons. The second kappa shape index (κ2) is 9.12. The first kappa shape index (κ1) is 21.1. The van der Waals surface area contributed by atoms with E-state index >= 15 is 0 Å². The maximum Gasteiger partial charge on any atom is 0.247 e. The van der Waals surface area contributed by atoms with Crippen LogP contribution in [-0.4, -0.2) is 27.7 Å². The van der Waals surface area contributed by atoms with E-state index in [9.17, 15) is 4.79 Å². The van der Waals surface area contributed by atoms with Gasteiger partial charge in [0, 0.05) is 30.1 Å². The number of halogens is 1. The largest absolute Gasteiger partial charge is 0.305 e. The Bertz CT molecular complexity index is 920. The van der Waals surface area contributed by atoms with E-state index in [0.29, 0.717) is 5.13 Å². The molecule has 2 heterocycles. The van der Waals surface area contributed by atoms with Crippen LogP contribution in [0.1, 0.15) is 33.3 Å². The van der Waals surface area contributed by atoms with Crippen LogP contribution in [0.25, 0.3) is 0 Å². The minimum Gasteiger partial charge on any atom is -0.305 e. The molecule has 8 heteroatoms. The van der Waals surface area contributed by atoms with E-state index in [1.807, 2.05) is 20.2 Å². The van der Waals surface area contributed by atoms with E-state index in [1.54, 1.807) is 17.9 Å². The Balaban J connectivity index is 0.00000261. The van der Waals surface area contributed by atoms with E-state index in [4.69, 9.17) is 0 Å². The second-order valence-corrected chi connectivity index (χ2v) is 7.44. The summed E-state index contributed by atoms with van der Waals surface area (Å²) in [7, 11) is 3.59. The number of anilines is 1. The van der Waals surface area contributed by atoms with Gasteiger partial charge in [0.1, 0.15) is 6.04 Å². The number of likely N-dealkylation sites (N-methyl/N-ethyl adjacent to an activating group) is 1. The summed E-state index contributed by atoms with van der Waals surface area (Å²) in [6.45, 7) is 4.07. The van der Waals surface area contributed by atoms with Gasteiger partial charge in [0.2, 0.25) is 5.91 Å². The lowest BCUT2D eigenvalue weighted by Gasteiger charge is -2.12. The number of aryl methyl sites for hydroxylation is 3. The molecule has 0 bridgehead atoms. The fourth-order valence-electron chi connectivity index (χ4n) is 2.87. The van der Waals surface area contributed by atoms with Gasteiger partial charge < -0.3 is 10.6 Å². The lowest BCUT2D eigenvalue weighted by Crippen LogP contribution is -2.30. The molecule has 3 aromatic rings. The van der Waals surface area contributed by atoms with Crippen LogP contribution in [0, 0.1) is 13.8 Å². The average molecular weight is 406 g/mol. The summed E-state index contributed by atoms with van der Waals surface area (Å²) in [5.41, 5.74) is 4.26. The highest BCUT2D eigenvalue weighted by Gasteiger charge is 2.21. The van der Waals surface area contributed by atoms with Crippen LogP contribution in [0.15, 0.2) is 36.7 Å². The molecule has 6 nitrogen and oxygen atoms in total. The number of aromatic nitrogens is 3. The number of benzene rings is 1. The van der Waals surface area contributed by atoms with Gasteiger partial charge in [0.25, 0.3) is 0 Å². The zero-order valence-electron chi connectivity index (χ0n) is 15.8. The molecule has 1 unspecified atom stereocenters. The molecule has 1 amide bonds.